The van der Waals surface area contributed by atoms with Crippen LogP contribution in [0.3, 0.4) is 0 Å². The van der Waals surface area contributed by atoms with Gasteiger partial charge in [0, 0.05) is 47.8 Å². The van der Waals surface area contributed by atoms with Crippen LogP contribution >= 0.6 is 0 Å². The monoisotopic (exact) mass is 396 g/mol. The molecular weight excluding hydrogens is 368 g/mol. The van der Waals surface area contributed by atoms with Gasteiger partial charge in [0.05, 0.1) is 6.10 Å². The molecule has 1 heterocycles. The first-order valence-electron chi connectivity index (χ1n) is 9.73. The summed E-state index contributed by atoms with van der Waals surface area (Å²) < 4.78 is 5.70. The fourth-order valence-electron chi connectivity index (χ4n) is 3.60. The Balaban J connectivity index is 1.73. The number of ether oxygens (including phenoxy) is 1. The SMILES string of the molecule is CCOC1CC(N)(C(=O)Nc2ccc(C)c(NC(=O)c3ccncc3)c2)C1(C)C. The standard InChI is InChI=1S/C22H28N4O3/c1-5-29-18-13-22(23,21(18,3)4)20(28)25-16-7-6-14(2)17(12-16)26-19(27)15-8-10-24-11-9-15/h6-12,18H,5,13,23H2,1-4H3,(H,25,28)(H,26,27). The Bertz CT molecular complexity index is 914. The smallest absolute Gasteiger partial charge is 0.255 e. The Morgan fingerprint density at radius 3 is 2.52 bits per heavy atom. The Kier molecular flexibility index (Phi) is 5.73. The zero-order valence-corrected chi connectivity index (χ0v) is 17.3. The first kappa shape index (κ1) is 21.0. The van der Waals surface area contributed by atoms with Crippen molar-refractivity contribution in [2.75, 3.05) is 17.2 Å². The van der Waals surface area contributed by atoms with E-state index >= 15 is 0 Å². The topological polar surface area (TPSA) is 106 Å². The van der Waals surface area contributed by atoms with Crippen molar-refractivity contribution in [3.63, 3.8) is 0 Å². The highest BCUT2D eigenvalue weighted by atomic mass is 16.5. The van der Waals surface area contributed by atoms with Gasteiger partial charge >= 0.3 is 0 Å². The summed E-state index contributed by atoms with van der Waals surface area (Å²) in [4.78, 5) is 29.3. The third kappa shape index (κ3) is 3.88. The number of nitrogens with one attached hydrogen (secondary N) is 2. The van der Waals surface area contributed by atoms with E-state index in [9.17, 15) is 9.59 Å². The minimum atomic E-state index is -1.02. The molecule has 1 aromatic heterocycles. The van der Waals surface area contributed by atoms with Crippen molar-refractivity contribution >= 4 is 23.2 Å². The second-order valence-electron chi connectivity index (χ2n) is 8.01. The third-order valence-corrected chi connectivity index (χ3v) is 5.92. The Labute approximate surface area is 171 Å². The second kappa shape index (κ2) is 7.93. The molecule has 7 heteroatoms. The molecule has 0 radical (unpaired) electrons. The molecule has 1 fully saturated rings. The van der Waals surface area contributed by atoms with Gasteiger partial charge in [-0.25, -0.2) is 0 Å². The van der Waals surface area contributed by atoms with E-state index in [0.717, 1.165) is 5.56 Å². The number of hydrogen-bond acceptors (Lipinski definition) is 5. The highest BCUT2D eigenvalue weighted by molar-refractivity contribution is 6.05. The molecule has 4 N–H and O–H groups in total. The van der Waals surface area contributed by atoms with Crippen molar-refractivity contribution in [1.82, 2.24) is 4.98 Å². The van der Waals surface area contributed by atoms with E-state index in [1.807, 2.05) is 33.8 Å². The summed E-state index contributed by atoms with van der Waals surface area (Å²) in [5.41, 5.74) is 7.54. The predicted octanol–water partition coefficient (Wildman–Crippen LogP) is 3.11. The van der Waals surface area contributed by atoms with Crippen LogP contribution in [-0.4, -0.2) is 35.0 Å². The number of carbonyl (C=O) groups excluding carboxylic acids is 2. The molecule has 7 nitrogen and oxygen atoms in total. The molecule has 2 unspecified atom stereocenters. The largest absolute Gasteiger partial charge is 0.378 e. The lowest BCUT2D eigenvalue weighted by Crippen LogP contribution is -2.74. The van der Waals surface area contributed by atoms with Gasteiger partial charge in [-0.1, -0.05) is 19.9 Å². The summed E-state index contributed by atoms with van der Waals surface area (Å²) >= 11 is 0. The average molecular weight is 396 g/mol. The van der Waals surface area contributed by atoms with Crippen LogP contribution in [0.25, 0.3) is 0 Å². The number of aromatic nitrogens is 1. The highest BCUT2D eigenvalue weighted by Crippen LogP contribution is 2.50. The summed E-state index contributed by atoms with van der Waals surface area (Å²) in [6.45, 7) is 8.31. The van der Waals surface area contributed by atoms with Crippen LogP contribution in [0, 0.1) is 12.3 Å². The zero-order valence-electron chi connectivity index (χ0n) is 17.3. The van der Waals surface area contributed by atoms with Crippen LogP contribution in [0.15, 0.2) is 42.7 Å². The number of nitrogens with zero attached hydrogens (tertiary/aromatic N) is 1. The number of carbonyl (C=O) groups is 2. The number of aryl methyl sites for hydroxylation is 1. The summed E-state index contributed by atoms with van der Waals surface area (Å²) in [5, 5.41) is 5.78. The average Bonchev–Trinajstić information content (AvgIpc) is 2.70. The molecule has 0 aliphatic heterocycles. The summed E-state index contributed by atoms with van der Waals surface area (Å²) in [5.74, 6) is -0.498. The molecule has 29 heavy (non-hydrogen) atoms. The third-order valence-electron chi connectivity index (χ3n) is 5.92. The summed E-state index contributed by atoms with van der Waals surface area (Å²) in [6, 6.07) is 8.66. The van der Waals surface area contributed by atoms with Gasteiger partial charge < -0.3 is 21.1 Å². The molecule has 154 valence electrons. The maximum absolute atomic E-state index is 12.9. The Morgan fingerprint density at radius 1 is 1.21 bits per heavy atom. The number of nitrogens with two attached hydrogens (primary N) is 1. The molecular formula is C22H28N4O3. The quantitative estimate of drug-likeness (QED) is 0.696. The number of anilines is 2. The minimum Gasteiger partial charge on any atom is -0.378 e. The van der Waals surface area contributed by atoms with Gasteiger partial charge in [-0.15, -0.1) is 0 Å². The second-order valence-corrected chi connectivity index (χ2v) is 8.01. The number of amides is 2. The lowest BCUT2D eigenvalue weighted by Gasteiger charge is -2.57. The van der Waals surface area contributed by atoms with E-state index in [1.54, 1.807) is 36.7 Å². The van der Waals surface area contributed by atoms with Crippen molar-refractivity contribution in [3.8, 4) is 0 Å². The van der Waals surface area contributed by atoms with Gasteiger partial charge in [0.2, 0.25) is 5.91 Å². The van der Waals surface area contributed by atoms with Gasteiger partial charge in [-0.05, 0) is 43.7 Å². The van der Waals surface area contributed by atoms with Crippen LogP contribution in [0.1, 0.15) is 43.1 Å². The summed E-state index contributed by atoms with van der Waals surface area (Å²) in [6.07, 6.45) is 3.55. The molecule has 0 bridgehead atoms. The molecule has 1 saturated carbocycles. The molecule has 0 spiro atoms. The number of benzene rings is 1. The van der Waals surface area contributed by atoms with Gasteiger partial charge in [0.1, 0.15) is 5.54 Å². The van der Waals surface area contributed by atoms with Gasteiger partial charge in [0.25, 0.3) is 5.91 Å². The van der Waals surface area contributed by atoms with Crippen LogP contribution in [0.4, 0.5) is 11.4 Å². The maximum atomic E-state index is 12.9. The molecule has 1 aliphatic carbocycles. The van der Waals surface area contributed by atoms with Crippen molar-refractivity contribution in [1.29, 1.82) is 0 Å². The van der Waals surface area contributed by atoms with Gasteiger partial charge in [-0.2, -0.15) is 0 Å². The lowest BCUT2D eigenvalue weighted by atomic mass is 9.54. The fraction of sp³-hybridized carbons (Fsp3) is 0.409. The number of hydrogen-bond donors (Lipinski definition) is 3. The normalized spacial score (nSPS) is 22.4. The molecule has 1 aromatic carbocycles. The van der Waals surface area contributed by atoms with Gasteiger partial charge in [0.15, 0.2) is 0 Å². The van der Waals surface area contributed by atoms with E-state index in [4.69, 9.17) is 10.5 Å². The van der Waals surface area contributed by atoms with Crippen LogP contribution in [0.2, 0.25) is 0 Å². The van der Waals surface area contributed by atoms with Crippen LogP contribution < -0.4 is 16.4 Å². The minimum absolute atomic E-state index is 0.0449. The maximum Gasteiger partial charge on any atom is 0.255 e. The van der Waals surface area contributed by atoms with E-state index in [-0.39, 0.29) is 17.9 Å². The van der Waals surface area contributed by atoms with Crippen molar-refractivity contribution in [2.24, 2.45) is 11.1 Å². The Hall–Kier alpha value is -2.77. The van der Waals surface area contributed by atoms with E-state index < -0.39 is 11.0 Å². The van der Waals surface area contributed by atoms with Crippen molar-refractivity contribution < 1.29 is 14.3 Å². The van der Waals surface area contributed by atoms with Gasteiger partial charge in [-0.3, -0.25) is 14.6 Å². The molecule has 2 amide bonds. The van der Waals surface area contributed by atoms with E-state index in [2.05, 4.69) is 15.6 Å². The zero-order chi connectivity index (χ0) is 21.2. The number of rotatable bonds is 6. The molecule has 3 rings (SSSR count). The van der Waals surface area contributed by atoms with E-state index in [0.29, 0.717) is 30.0 Å². The summed E-state index contributed by atoms with van der Waals surface area (Å²) in [7, 11) is 0. The first-order chi connectivity index (χ1) is 13.7. The number of pyridine rings is 1. The highest BCUT2D eigenvalue weighted by Gasteiger charge is 2.62. The first-order valence-corrected chi connectivity index (χ1v) is 9.73. The van der Waals surface area contributed by atoms with E-state index in [1.165, 1.54) is 0 Å². The predicted molar refractivity (Wildman–Crippen MR) is 113 cm³/mol. The lowest BCUT2D eigenvalue weighted by molar-refractivity contribution is -0.166. The molecule has 1 aliphatic rings. The fourth-order valence-corrected chi connectivity index (χ4v) is 3.60. The van der Waals surface area contributed by atoms with Crippen LogP contribution in [0.5, 0.6) is 0 Å². The van der Waals surface area contributed by atoms with Crippen LogP contribution in [-0.2, 0) is 9.53 Å². The molecule has 0 saturated heterocycles. The molecule has 2 aromatic rings. The van der Waals surface area contributed by atoms with Crippen molar-refractivity contribution in [3.05, 3.63) is 53.9 Å². The Morgan fingerprint density at radius 2 is 1.90 bits per heavy atom. The molecule has 2 atom stereocenters. The van der Waals surface area contributed by atoms with Crippen molar-refractivity contribution in [2.45, 2.75) is 45.8 Å².